The Balaban J connectivity index is 2.84. The second kappa shape index (κ2) is 5.66. The molecule has 1 aromatic carbocycles. The topological polar surface area (TPSA) is 55.1 Å². The van der Waals surface area contributed by atoms with Gasteiger partial charge in [0.2, 0.25) is 5.91 Å². The number of rotatable bonds is 4. The largest absolute Gasteiger partial charge is 0.324 e. The van der Waals surface area contributed by atoms with E-state index in [0.717, 1.165) is 11.3 Å². The Labute approximate surface area is 97.0 Å². The van der Waals surface area contributed by atoms with Crippen LogP contribution >= 0.6 is 0 Å². The zero-order chi connectivity index (χ0) is 12.1. The maximum Gasteiger partial charge on any atom is 0.241 e. The van der Waals surface area contributed by atoms with Crippen LogP contribution in [0.25, 0.3) is 0 Å². The molecule has 3 nitrogen and oxygen atoms in total. The normalized spacial score (nSPS) is 12.6. The lowest BCUT2D eigenvalue weighted by Crippen LogP contribution is -2.35. The van der Waals surface area contributed by atoms with Crippen LogP contribution in [0.15, 0.2) is 24.3 Å². The summed E-state index contributed by atoms with van der Waals surface area (Å²) in [4.78, 5) is 11.7. The van der Waals surface area contributed by atoms with E-state index >= 15 is 0 Å². The molecule has 0 aliphatic rings. The summed E-state index contributed by atoms with van der Waals surface area (Å²) >= 11 is 0. The maximum atomic E-state index is 11.7. The van der Waals surface area contributed by atoms with Gasteiger partial charge in [-0.25, -0.2) is 0 Å². The van der Waals surface area contributed by atoms with Crippen molar-refractivity contribution in [1.82, 2.24) is 0 Å². The third-order valence-corrected chi connectivity index (χ3v) is 2.62. The molecule has 0 heterocycles. The molecule has 3 N–H and O–H groups in total. The van der Waals surface area contributed by atoms with Crippen molar-refractivity contribution in [2.75, 3.05) is 5.32 Å². The smallest absolute Gasteiger partial charge is 0.241 e. The van der Waals surface area contributed by atoms with Gasteiger partial charge < -0.3 is 11.1 Å². The van der Waals surface area contributed by atoms with E-state index in [-0.39, 0.29) is 5.91 Å². The van der Waals surface area contributed by atoms with Crippen molar-refractivity contribution in [2.45, 2.75) is 39.2 Å². The summed E-state index contributed by atoms with van der Waals surface area (Å²) in [5.74, 6) is 0.268. The average molecular weight is 220 g/mol. The molecule has 0 fully saturated rings. The summed E-state index contributed by atoms with van der Waals surface area (Å²) in [6, 6.07) is 7.40. The Morgan fingerprint density at radius 2 is 2.00 bits per heavy atom. The molecule has 0 unspecified atom stereocenters. The number of para-hydroxylation sites is 1. The summed E-state index contributed by atoms with van der Waals surface area (Å²) in [7, 11) is 0. The SMILES string of the molecule is CC[C@H](N)C(=O)Nc1ccccc1C(C)C. The number of anilines is 1. The van der Waals surface area contributed by atoms with E-state index in [4.69, 9.17) is 5.73 Å². The number of benzene rings is 1. The van der Waals surface area contributed by atoms with Gasteiger partial charge in [-0.3, -0.25) is 4.79 Å². The molecule has 88 valence electrons. The van der Waals surface area contributed by atoms with E-state index in [1.165, 1.54) is 0 Å². The number of hydrogen-bond donors (Lipinski definition) is 2. The van der Waals surface area contributed by atoms with Crippen molar-refractivity contribution in [1.29, 1.82) is 0 Å². The lowest BCUT2D eigenvalue weighted by molar-refractivity contribution is -0.117. The predicted molar refractivity (Wildman–Crippen MR) is 67.4 cm³/mol. The first kappa shape index (κ1) is 12.7. The Hall–Kier alpha value is -1.35. The molecule has 0 aliphatic heterocycles. The molecule has 1 rings (SSSR count). The van der Waals surface area contributed by atoms with Crippen LogP contribution in [0.1, 0.15) is 38.7 Å². The standard InChI is InChI=1S/C13H20N2O/c1-4-11(14)13(16)15-12-8-6-5-7-10(12)9(2)3/h5-9,11H,4,14H2,1-3H3,(H,15,16)/t11-/m0/s1. The van der Waals surface area contributed by atoms with E-state index in [1.807, 2.05) is 31.2 Å². The summed E-state index contributed by atoms with van der Waals surface area (Å²) in [6.45, 7) is 6.11. The van der Waals surface area contributed by atoms with Gasteiger partial charge in [-0.1, -0.05) is 39.0 Å². The van der Waals surface area contributed by atoms with Crippen LogP contribution in [0.5, 0.6) is 0 Å². The molecular formula is C13H20N2O. The first-order chi connectivity index (χ1) is 7.56. The second-order valence-corrected chi connectivity index (χ2v) is 4.25. The highest BCUT2D eigenvalue weighted by Crippen LogP contribution is 2.23. The van der Waals surface area contributed by atoms with E-state index in [0.29, 0.717) is 12.3 Å². The highest BCUT2D eigenvalue weighted by Gasteiger charge is 2.13. The summed E-state index contributed by atoms with van der Waals surface area (Å²) < 4.78 is 0. The van der Waals surface area contributed by atoms with Gasteiger partial charge >= 0.3 is 0 Å². The first-order valence-electron chi connectivity index (χ1n) is 5.71. The van der Waals surface area contributed by atoms with Crippen LogP contribution in [-0.2, 0) is 4.79 Å². The predicted octanol–water partition coefficient (Wildman–Crippen LogP) is 2.49. The van der Waals surface area contributed by atoms with Crippen LogP contribution in [0, 0.1) is 0 Å². The Morgan fingerprint density at radius 1 is 1.38 bits per heavy atom. The van der Waals surface area contributed by atoms with Gasteiger partial charge in [0.1, 0.15) is 0 Å². The number of nitrogens with two attached hydrogens (primary N) is 1. The Bertz CT molecular complexity index is 361. The summed E-state index contributed by atoms with van der Waals surface area (Å²) in [5, 5.41) is 2.88. The van der Waals surface area contributed by atoms with Gasteiger partial charge in [-0.15, -0.1) is 0 Å². The molecule has 1 aromatic rings. The fraction of sp³-hybridized carbons (Fsp3) is 0.462. The number of carbonyl (C=O) groups is 1. The van der Waals surface area contributed by atoms with Crippen molar-refractivity contribution in [3.05, 3.63) is 29.8 Å². The van der Waals surface area contributed by atoms with Crippen LogP contribution in [-0.4, -0.2) is 11.9 Å². The lowest BCUT2D eigenvalue weighted by atomic mass is 10.0. The van der Waals surface area contributed by atoms with Crippen molar-refractivity contribution < 1.29 is 4.79 Å². The molecule has 3 heteroatoms. The molecule has 16 heavy (non-hydrogen) atoms. The van der Waals surface area contributed by atoms with Gasteiger partial charge in [0, 0.05) is 5.69 Å². The highest BCUT2D eigenvalue weighted by molar-refractivity contribution is 5.95. The fourth-order valence-corrected chi connectivity index (χ4v) is 1.53. The number of hydrogen-bond acceptors (Lipinski definition) is 2. The zero-order valence-electron chi connectivity index (χ0n) is 10.2. The van der Waals surface area contributed by atoms with Crippen LogP contribution in [0.3, 0.4) is 0 Å². The zero-order valence-corrected chi connectivity index (χ0v) is 10.2. The van der Waals surface area contributed by atoms with Crippen LogP contribution in [0.2, 0.25) is 0 Å². The molecule has 0 spiro atoms. The molecule has 0 radical (unpaired) electrons. The third-order valence-electron chi connectivity index (χ3n) is 2.62. The Morgan fingerprint density at radius 3 is 2.56 bits per heavy atom. The van der Waals surface area contributed by atoms with Crippen molar-refractivity contribution >= 4 is 11.6 Å². The van der Waals surface area contributed by atoms with Crippen molar-refractivity contribution in [3.63, 3.8) is 0 Å². The molecule has 1 atom stereocenters. The van der Waals surface area contributed by atoms with Gasteiger partial charge in [-0.05, 0) is 24.0 Å². The van der Waals surface area contributed by atoms with Crippen molar-refractivity contribution in [3.8, 4) is 0 Å². The van der Waals surface area contributed by atoms with Gasteiger partial charge in [0.15, 0.2) is 0 Å². The van der Waals surface area contributed by atoms with E-state index in [1.54, 1.807) is 0 Å². The lowest BCUT2D eigenvalue weighted by Gasteiger charge is -2.15. The number of amides is 1. The van der Waals surface area contributed by atoms with Crippen LogP contribution in [0.4, 0.5) is 5.69 Å². The molecule has 1 amide bonds. The molecular weight excluding hydrogens is 200 g/mol. The Kier molecular flexibility index (Phi) is 4.50. The summed E-state index contributed by atoms with van der Waals surface area (Å²) in [6.07, 6.45) is 0.648. The maximum absolute atomic E-state index is 11.7. The minimum atomic E-state index is -0.430. The van der Waals surface area contributed by atoms with E-state index in [2.05, 4.69) is 19.2 Å². The molecule has 0 bridgehead atoms. The second-order valence-electron chi connectivity index (χ2n) is 4.25. The minimum absolute atomic E-state index is 0.115. The quantitative estimate of drug-likeness (QED) is 0.819. The molecule has 0 aromatic heterocycles. The molecule has 0 aliphatic carbocycles. The fourth-order valence-electron chi connectivity index (χ4n) is 1.53. The van der Waals surface area contributed by atoms with Gasteiger partial charge in [0.25, 0.3) is 0 Å². The minimum Gasteiger partial charge on any atom is -0.324 e. The summed E-state index contributed by atoms with van der Waals surface area (Å²) in [5.41, 5.74) is 7.68. The molecule has 0 saturated carbocycles. The highest BCUT2D eigenvalue weighted by atomic mass is 16.2. The van der Waals surface area contributed by atoms with Crippen LogP contribution < -0.4 is 11.1 Å². The van der Waals surface area contributed by atoms with E-state index in [9.17, 15) is 4.79 Å². The van der Waals surface area contributed by atoms with E-state index < -0.39 is 6.04 Å². The third kappa shape index (κ3) is 3.07. The van der Waals surface area contributed by atoms with Gasteiger partial charge in [-0.2, -0.15) is 0 Å². The first-order valence-corrected chi connectivity index (χ1v) is 5.71. The van der Waals surface area contributed by atoms with Gasteiger partial charge in [0.05, 0.1) is 6.04 Å². The average Bonchev–Trinajstić information content (AvgIpc) is 2.28. The molecule has 0 saturated heterocycles. The van der Waals surface area contributed by atoms with Crippen molar-refractivity contribution in [2.24, 2.45) is 5.73 Å². The number of nitrogens with one attached hydrogen (secondary N) is 1. The number of carbonyl (C=O) groups excluding carboxylic acids is 1. The monoisotopic (exact) mass is 220 g/mol.